The first kappa shape index (κ1) is 11.6. The van der Waals surface area contributed by atoms with Crippen molar-refractivity contribution in [2.45, 2.75) is 45.1 Å². The molecule has 88 valence electrons. The number of hydrogen-bond acceptors (Lipinski definition) is 1. The quantitative estimate of drug-likeness (QED) is 0.815. The molecule has 0 saturated heterocycles. The molecule has 1 fully saturated rings. The van der Waals surface area contributed by atoms with E-state index < -0.39 is 0 Å². The molecule has 2 heteroatoms. The lowest BCUT2D eigenvalue weighted by Crippen LogP contribution is -2.50. The van der Waals surface area contributed by atoms with Gasteiger partial charge in [0.2, 0.25) is 0 Å². The number of benzene rings is 1. The largest absolute Gasteiger partial charge is 0.324 e. The van der Waals surface area contributed by atoms with E-state index in [1.165, 1.54) is 25.0 Å². The summed E-state index contributed by atoms with van der Waals surface area (Å²) in [5, 5.41) is 0. The minimum absolute atomic E-state index is 0.134. The molecule has 0 aromatic heterocycles. The van der Waals surface area contributed by atoms with Crippen molar-refractivity contribution < 1.29 is 4.39 Å². The highest BCUT2D eigenvalue weighted by Gasteiger charge is 2.45. The molecule has 0 bridgehead atoms. The van der Waals surface area contributed by atoms with Crippen LogP contribution in [0.3, 0.4) is 0 Å². The number of halogens is 1. The Morgan fingerprint density at radius 3 is 2.31 bits per heavy atom. The lowest BCUT2D eigenvalue weighted by atomic mass is 9.72. The zero-order valence-electron chi connectivity index (χ0n) is 10.1. The first-order valence-electron chi connectivity index (χ1n) is 5.96. The zero-order valence-corrected chi connectivity index (χ0v) is 10.1. The van der Waals surface area contributed by atoms with Crippen LogP contribution in [0.1, 0.15) is 38.7 Å². The third-order valence-corrected chi connectivity index (χ3v) is 4.21. The van der Waals surface area contributed by atoms with E-state index in [9.17, 15) is 4.39 Å². The van der Waals surface area contributed by atoms with E-state index in [0.29, 0.717) is 0 Å². The van der Waals surface area contributed by atoms with Crippen molar-refractivity contribution in [2.75, 3.05) is 0 Å². The van der Waals surface area contributed by atoms with Crippen molar-refractivity contribution in [2.24, 2.45) is 11.1 Å². The monoisotopic (exact) mass is 221 g/mol. The molecule has 1 aliphatic carbocycles. The predicted octanol–water partition coefficient (Wildman–Crippen LogP) is 3.28. The maximum atomic E-state index is 12.8. The molecule has 2 N–H and O–H groups in total. The number of rotatable bonds is 2. The van der Waals surface area contributed by atoms with Crippen molar-refractivity contribution in [3.8, 4) is 0 Å². The summed E-state index contributed by atoms with van der Waals surface area (Å²) in [6, 6.07) is 6.72. The van der Waals surface area contributed by atoms with Crippen molar-refractivity contribution in [3.05, 3.63) is 35.6 Å². The fourth-order valence-corrected chi connectivity index (χ4v) is 2.73. The lowest BCUT2D eigenvalue weighted by molar-refractivity contribution is 0.207. The van der Waals surface area contributed by atoms with Crippen molar-refractivity contribution >= 4 is 0 Å². The molecule has 1 nitrogen and oxygen atoms in total. The van der Waals surface area contributed by atoms with Gasteiger partial charge >= 0.3 is 0 Å². The van der Waals surface area contributed by atoms with Gasteiger partial charge in [0.25, 0.3) is 0 Å². The van der Waals surface area contributed by atoms with E-state index in [4.69, 9.17) is 5.73 Å². The molecule has 1 saturated carbocycles. The van der Waals surface area contributed by atoms with Gasteiger partial charge in [0, 0.05) is 5.54 Å². The highest BCUT2D eigenvalue weighted by molar-refractivity contribution is 5.21. The Balaban J connectivity index is 2.18. The standard InChI is InChI=1S/C14H20FN/c1-13(2)8-3-9-14(13,16)10-11-4-6-12(15)7-5-11/h4-7H,3,8-10,16H2,1-2H3. The van der Waals surface area contributed by atoms with Crippen LogP contribution in [0.5, 0.6) is 0 Å². The van der Waals surface area contributed by atoms with Crippen molar-refractivity contribution in [1.82, 2.24) is 0 Å². The van der Waals surface area contributed by atoms with Crippen LogP contribution >= 0.6 is 0 Å². The molecule has 1 aromatic carbocycles. The maximum Gasteiger partial charge on any atom is 0.123 e. The second-order valence-electron chi connectivity index (χ2n) is 5.70. The first-order valence-corrected chi connectivity index (χ1v) is 5.96. The van der Waals surface area contributed by atoms with Crippen LogP contribution in [0.2, 0.25) is 0 Å². The third-order valence-electron chi connectivity index (χ3n) is 4.21. The summed E-state index contributed by atoms with van der Waals surface area (Å²) < 4.78 is 12.8. The molecule has 1 atom stereocenters. The van der Waals surface area contributed by atoms with E-state index >= 15 is 0 Å². The third kappa shape index (κ3) is 1.99. The molecule has 1 aliphatic rings. The van der Waals surface area contributed by atoms with E-state index in [2.05, 4.69) is 13.8 Å². The fraction of sp³-hybridized carbons (Fsp3) is 0.571. The van der Waals surface area contributed by atoms with Gasteiger partial charge in [-0.1, -0.05) is 32.4 Å². The molecular formula is C14H20FN. The van der Waals surface area contributed by atoms with Crippen molar-refractivity contribution in [1.29, 1.82) is 0 Å². The molecular weight excluding hydrogens is 201 g/mol. The van der Waals surface area contributed by atoms with Crippen LogP contribution in [0, 0.1) is 11.2 Å². The molecule has 0 aliphatic heterocycles. The van der Waals surface area contributed by atoms with Crippen LogP contribution in [0.15, 0.2) is 24.3 Å². The normalized spacial score (nSPS) is 28.2. The first-order chi connectivity index (χ1) is 7.43. The second-order valence-corrected chi connectivity index (χ2v) is 5.70. The molecule has 0 spiro atoms. The van der Waals surface area contributed by atoms with Gasteiger partial charge in [-0.3, -0.25) is 0 Å². The van der Waals surface area contributed by atoms with Crippen molar-refractivity contribution in [3.63, 3.8) is 0 Å². The Morgan fingerprint density at radius 1 is 1.19 bits per heavy atom. The van der Waals surface area contributed by atoms with E-state index in [1.807, 2.05) is 12.1 Å². The molecule has 16 heavy (non-hydrogen) atoms. The Labute approximate surface area is 96.9 Å². The van der Waals surface area contributed by atoms with Gasteiger partial charge in [-0.2, -0.15) is 0 Å². The van der Waals surface area contributed by atoms with Crippen LogP contribution < -0.4 is 5.73 Å². The summed E-state index contributed by atoms with van der Waals surface area (Å²) in [7, 11) is 0. The van der Waals surface area contributed by atoms with Crippen LogP contribution in [-0.2, 0) is 6.42 Å². The summed E-state index contributed by atoms with van der Waals surface area (Å²) >= 11 is 0. The minimum Gasteiger partial charge on any atom is -0.324 e. The van der Waals surface area contributed by atoms with Gasteiger partial charge in [-0.25, -0.2) is 4.39 Å². The van der Waals surface area contributed by atoms with E-state index in [-0.39, 0.29) is 16.8 Å². The highest BCUT2D eigenvalue weighted by atomic mass is 19.1. The van der Waals surface area contributed by atoms with E-state index in [1.54, 1.807) is 0 Å². The van der Waals surface area contributed by atoms with Crippen LogP contribution in [0.25, 0.3) is 0 Å². The summed E-state index contributed by atoms with van der Waals surface area (Å²) in [5.74, 6) is -0.180. The number of nitrogens with two attached hydrogens (primary N) is 1. The number of hydrogen-bond donors (Lipinski definition) is 1. The maximum absolute atomic E-state index is 12.8. The summed E-state index contributed by atoms with van der Waals surface area (Å²) in [4.78, 5) is 0. The predicted molar refractivity (Wildman–Crippen MR) is 64.7 cm³/mol. The van der Waals surface area contributed by atoms with E-state index in [0.717, 1.165) is 18.4 Å². The van der Waals surface area contributed by atoms with Crippen LogP contribution in [0.4, 0.5) is 4.39 Å². The van der Waals surface area contributed by atoms with Gasteiger partial charge < -0.3 is 5.73 Å². The molecule has 0 heterocycles. The van der Waals surface area contributed by atoms with Gasteiger partial charge in [0.15, 0.2) is 0 Å². The molecule has 1 aromatic rings. The minimum atomic E-state index is -0.180. The molecule has 0 radical (unpaired) electrons. The topological polar surface area (TPSA) is 26.0 Å². The Morgan fingerprint density at radius 2 is 1.81 bits per heavy atom. The SMILES string of the molecule is CC1(C)CCCC1(N)Cc1ccc(F)cc1. The second kappa shape index (κ2) is 3.85. The fourth-order valence-electron chi connectivity index (χ4n) is 2.73. The molecule has 2 rings (SSSR count). The Hall–Kier alpha value is -0.890. The summed E-state index contributed by atoms with van der Waals surface area (Å²) in [6.07, 6.45) is 4.30. The lowest BCUT2D eigenvalue weighted by Gasteiger charge is -2.38. The Kier molecular flexibility index (Phi) is 2.79. The van der Waals surface area contributed by atoms with Crippen LogP contribution in [-0.4, -0.2) is 5.54 Å². The average Bonchev–Trinajstić information content (AvgIpc) is 2.45. The summed E-state index contributed by atoms with van der Waals surface area (Å²) in [5.41, 5.74) is 7.70. The van der Waals surface area contributed by atoms with Gasteiger partial charge in [0.1, 0.15) is 5.82 Å². The molecule has 0 amide bonds. The Bertz CT molecular complexity index is 369. The van der Waals surface area contributed by atoms with Gasteiger partial charge in [0.05, 0.1) is 0 Å². The summed E-state index contributed by atoms with van der Waals surface area (Å²) in [6.45, 7) is 4.48. The van der Waals surface area contributed by atoms with Gasteiger partial charge in [-0.05, 0) is 42.4 Å². The zero-order chi connectivity index (χ0) is 11.8. The molecule has 1 unspecified atom stereocenters. The highest BCUT2D eigenvalue weighted by Crippen LogP contribution is 2.45. The van der Waals surface area contributed by atoms with Gasteiger partial charge in [-0.15, -0.1) is 0 Å². The smallest absolute Gasteiger partial charge is 0.123 e. The average molecular weight is 221 g/mol.